The van der Waals surface area contributed by atoms with Crippen LogP contribution in [0.3, 0.4) is 0 Å². The van der Waals surface area contributed by atoms with Crippen LogP contribution in [0.4, 0.5) is 0 Å². The summed E-state index contributed by atoms with van der Waals surface area (Å²) in [5.74, 6) is 1.02. The van der Waals surface area contributed by atoms with Crippen LogP contribution in [0, 0.1) is 6.92 Å². The molecule has 0 radical (unpaired) electrons. The number of fused-ring (bicyclic) bond motifs is 1. The zero-order chi connectivity index (χ0) is 13.0. The van der Waals surface area contributed by atoms with Crippen molar-refractivity contribution in [3.8, 4) is 5.75 Å². The van der Waals surface area contributed by atoms with Crippen molar-refractivity contribution in [2.24, 2.45) is 0 Å². The van der Waals surface area contributed by atoms with Crippen LogP contribution in [-0.2, 0) is 11.2 Å². The molecule has 0 saturated carbocycles. The summed E-state index contributed by atoms with van der Waals surface area (Å²) in [5.41, 5.74) is 2.60. The van der Waals surface area contributed by atoms with Gasteiger partial charge in [-0.3, -0.25) is 0 Å². The van der Waals surface area contributed by atoms with Gasteiger partial charge in [-0.2, -0.15) is 0 Å². The summed E-state index contributed by atoms with van der Waals surface area (Å²) in [6.45, 7) is 8.71. The Balaban J connectivity index is 1.68. The highest BCUT2D eigenvalue weighted by molar-refractivity contribution is 5.40. The highest BCUT2D eigenvalue weighted by atomic mass is 16.5. The molecule has 0 amide bonds. The minimum atomic E-state index is 0.181. The van der Waals surface area contributed by atoms with Crippen molar-refractivity contribution in [3.63, 3.8) is 0 Å². The SMILES string of the molecule is Cc1ccc2c(c1)CC(COCCNC(C)C)O2. The summed E-state index contributed by atoms with van der Waals surface area (Å²) in [6.07, 6.45) is 1.15. The van der Waals surface area contributed by atoms with E-state index in [0.29, 0.717) is 12.6 Å². The maximum atomic E-state index is 5.84. The minimum Gasteiger partial charge on any atom is -0.487 e. The van der Waals surface area contributed by atoms with E-state index in [1.807, 2.05) is 0 Å². The third kappa shape index (κ3) is 3.72. The molecule has 1 aliphatic rings. The van der Waals surface area contributed by atoms with Crippen molar-refractivity contribution < 1.29 is 9.47 Å². The fourth-order valence-electron chi connectivity index (χ4n) is 2.18. The van der Waals surface area contributed by atoms with Gasteiger partial charge in [0, 0.05) is 19.0 Å². The zero-order valence-electron chi connectivity index (χ0n) is 11.5. The highest BCUT2D eigenvalue weighted by Gasteiger charge is 2.22. The second-order valence-corrected chi connectivity index (χ2v) is 5.24. The van der Waals surface area contributed by atoms with Crippen molar-refractivity contribution >= 4 is 0 Å². The van der Waals surface area contributed by atoms with Crippen molar-refractivity contribution in [1.82, 2.24) is 5.32 Å². The average Bonchev–Trinajstić information content (AvgIpc) is 2.70. The molecular formula is C15H23NO2. The Hall–Kier alpha value is -1.06. The summed E-state index contributed by atoms with van der Waals surface area (Å²) in [7, 11) is 0. The summed E-state index contributed by atoms with van der Waals surface area (Å²) in [4.78, 5) is 0. The Morgan fingerprint density at radius 2 is 2.28 bits per heavy atom. The van der Waals surface area contributed by atoms with Gasteiger partial charge in [0.1, 0.15) is 11.9 Å². The molecule has 1 aliphatic heterocycles. The summed E-state index contributed by atoms with van der Waals surface area (Å²) >= 11 is 0. The van der Waals surface area contributed by atoms with Crippen molar-refractivity contribution in [1.29, 1.82) is 0 Å². The molecule has 0 spiro atoms. The number of aryl methyl sites for hydroxylation is 1. The van der Waals surface area contributed by atoms with Crippen LogP contribution in [0.25, 0.3) is 0 Å². The van der Waals surface area contributed by atoms with Gasteiger partial charge in [-0.1, -0.05) is 31.5 Å². The first-order valence-corrected chi connectivity index (χ1v) is 6.72. The second kappa shape index (κ2) is 6.21. The van der Waals surface area contributed by atoms with Crippen LogP contribution in [0.2, 0.25) is 0 Å². The molecule has 1 atom stereocenters. The smallest absolute Gasteiger partial charge is 0.126 e. The van der Waals surface area contributed by atoms with Crippen LogP contribution in [0.15, 0.2) is 18.2 Å². The van der Waals surface area contributed by atoms with Crippen LogP contribution in [-0.4, -0.2) is 31.9 Å². The normalized spacial score (nSPS) is 17.9. The summed E-state index contributed by atoms with van der Waals surface area (Å²) < 4.78 is 11.5. The molecule has 1 aromatic carbocycles. The number of ether oxygens (including phenoxy) is 2. The highest BCUT2D eigenvalue weighted by Crippen LogP contribution is 2.29. The summed E-state index contributed by atoms with van der Waals surface area (Å²) in [6, 6.07) is 6.87. The van der Waals surface area contributed by atoms with E-state index in [2.05, 4.69) is 44.3 Å². The van der Waals surface area contributed by atoms with Gasteiger partial charge in [0.25, 0.3) is 0 Å². The molecule has 2 rings (SSSR count). The molecule has 18 heavy (non-hydrogen) atoms. The topological polar surface area (TPSA) is 30.5 Å². The number of benzene rings is 1. The minimum absolute atomic E-state index is 0.181. The van der Waals surface area contributed by atoms with Gasteiger partial charge < -0.3 is 14.8 Å². The average molecular weight is 249 g/mol. The van der Waals surface area contributed by atoms with Crippen molar-refractivity contribution in [2.75, 3.05) is 19.8 Å². The van der Waals surface area contributed by atoms with Gasteiger partial charge in [-0.05, 0) is 18.6 Å². The van der Waals surface area contributed by atoms with E-state index in [0.717, 1.165) is 25.3 Å². The van der Waals surface area contributed by atoms with Crippen molar-refractivity contribution in [3.05, 3.63) is 29.3 Å². The lowest BCUT2D eigenvalue weighted by atomic mass is 10.1. The van der Waals surface area contributed by atoms with E-state index in [-0.39, 0.29) is 6.10 Å². The van der Waals surface area contributed by atoms with Crippen LogP contribution >= 0.6 is 0 Å². The molecule has 0 aromatic heterocycles. The Labute approximate surface area is 109 Å². The van der Waals surface area contributed by atoms with Gasteiger partial charge in [-0.15, -0.1) is 0 Å². The molecule has 3 heteroatoms. The molecule has 100 valence electrons. The maximum Gasteiger partial charge on any atom is 0.126 e. The van der Waals surface area contributed by atoms with E-state index in [4.69, 9.17) is 9.47 Å². The Kier molecular flexibility index (Phi) is 4.61. The predicted molar refractivity (Wildman–Crippen MR) is 73.3 cm³/mol. The molecule has 1 N–H and O–H groups in total. The fraction of sp³-hybridized carbons (Fsp3) is 0.600. The quantitative estimate of drug-likeness (QED) is 0.785. The number of rotatable bonds is 6. The van der Waals surface area contributed by atoms with E-state index < -0.39 is 0 Å². The second-order valence-electron chi connectivity index (χ2n) is 5.24. The molecule has 0 aliphatic carbocycles. The van der Waals surface area contributed by atoms with Gasteiger partial charge in [0.2, 0.25) is 0 Å². The molecule has 0 bridgehead atoms. The molecule has 0 fully saturated rings. The van der Waals surface area contributed by atoms with Gasteiger partial charge >= 0.3 is 0 Å². The molecule has 1 unspecified atom stereocenters. The first-order valence-electron chi connectivity index (χ1n) is 6.72. The molecule has 0 saturated heterocycles. The third-order valence-corrected chi connectivity index (χ3v) is 3.06. The number of hydrogen-bond donors (Lipinski definition) is 1. The monoisotopic (exact) mass is 249 g/mol. The lowest BCUT2D eigenvalue weighted by Crippen LogP contribution is -2.28. The molecule has 1 heterocycles. The first-order chi connectivity index (χ1) is 8.65. The Morgan fingerprint density at radius 1 is 1.44 bits per heavy atom. The Morgan fingerprint density at radius 3 is 3.06 bits per heavy atom. The van der Waals surface area contributed by atoms with Gasteiger partial charge in [0.15, 0.2) is 0 Å². The lowest BCUT2D eigenvalue weighted by molar-refractivity contribution is 0.0614. The third-order valence-electron chi connectivity index (χ3n) is 3.06. The largest absolute Gasteiger partial charge is 0.487 e. The number of hydrogen-bond acceptors (Lipinski definition) is 3. The first kappa shape index (κ1) is 13.4. The zero-order valence-corrected chi connectivity index (χ0v) is 11.5. The standard InChI is InChI=1S/C15H23NO2/c1-11(2)16-6-7-17-10-14-9-13-8-12(3)4-5-15(13)18-14/h4-5,8,11,14,16H,6-7,9-10H2,1-3H3. The van der Waals surface area contributed by atoms with Crippen molar-refractivity contribution in [2.45, 2.75) is 39.3 Å². The maximum absolute atomic E-state index is 5.84. The van der Waals surface area contributed by atoms with Crippen LogP contribution in [0.5, 0.6) is 5.75 Å². The van der Waals surface area contributed by atoms with E-state index in [9.17, 15) is 0 Å². The predicted octanol–water partition coefficient (Wildman–Crippen LogP) is 2.31. The molecule has 3 nitrogen and oxygen atoms in total. The molecular weight excluding hydrogens is 226 g/mol. The van der Waals surface area contributed by atoms with Gasteiger partial charge in [-0.25, -0.2) is 0 Å². The Bertz CT molecular complexity index is 390. The van der Waals surface area contributed by atoms with E-state index in [1.54, 1.807) is 0 Å². The fourth-order valence-corrected chi connectivity index (χ4v) is 2.18. The van der Waals surface area contributed by atoms with Crippen LogP contribution in [0.1, 0.15) is 25.0 Å². The van der Waals surface area contributed by atoms with Gasteiger partial charge in [0.05, 0.1) is 13.2 Å². The van der Waals surface area contributed by atoms with E-state index >= 15 is 0 Å². The lowest BCUT2D eigenvalue weighted by Gasteiger charge is -2.12. The summed E-state index contributed by atoms with van der Waals surface area (Å²) in [5, 5.41) is 3.33. The molecule has 1 aromatic rings. The van der Waals surface area contributed by atoms with Crippen LogP contribution < -0.4 is 10.1 Å². The van der Waals surface area contributed by atoms with E-state index in [1.165, 1.54) is 11.1 Å². The number of nitrogens with one attached hydrogen (secondary N) is 1.